The topological polar surface area (TPSA) is 35.9 Å². The normalized spacial score (nSPS) is 23.3. The van der Waals surface area contributed by atoms with Crippen molar-refractivity contribution in [1.82, 2.24) is 9.80 Å². The SMILES string of the molecule is COc1cccc(C(O)CN2CCN(C)C(C)C2)c1. The molecule has 2 atom stereocenters. The van der Waals surface area contributed by atoms with Crippen LogP contribution >= 0.6 is 0 Å². The molecule has 1 aliphatic heterocycles. The maximum absolute atomic E-state index is 10.3. The Labute approximate surface area is 115 Å². The molecule has 1 saturated heterocycles. The number of ether oxygens (including phenoxy) is 1. The van der Waals surface area contributed by atoms with Gasteiger partial charge in [0.15, 0.2) is 0 Å². The molecule has 4 heteroatoms. The molecule has 1 aromatic carbocycles. The van der Waals surface area contributed by atoms with Crippen LogP contribution in [0.5, 0.6) is 5.75 Å². The van der Waals surface area contributed by atoms with Gasteiger partial charge in [-0.05, 0) is 31.7 Å². The van der Waals surface area contributed by atoms with E-state index in [2.05, 4.69) is 23.8 Å². The van der Waals surface area contributed by atoms with Gasteiger partial charge in [-0.1, -0.05) is 12.1 Å². The first-order valence-corrected chi connectivity index (χ1v) is 6.84. The molecule has 0 amide bonds. The molecule has 2 unspecified atom stereocenters. The summed E-state index contributed by atoms with van der Waals surface area (Å²) in [5.74, 6) is 0.795. The zero-order valence-corrected chi connectivity index (χ0v) is 12.0. The van der Waals surface area contributed by atoms with E-state index in [1.165, 1.54) is 0 Å². The first-order chi connectivity index (χ1) is 9.10. The fourth-order valence-corrected chi connectivity index (χ4v) is 2.49. The van der Waals surface area contributed by atoms with Gasteiger partial charge in [0.2, 0.25) is 0 Å². The summed E-state index contributed by atoms with van der Waals surface area (Å²) >= 11 is 0. The average molecular weight is 264 g/mol. The van der Waals surface area contributed by atoms with Crippen LogP contribution < -0.4 is 4.74 Å². The highest BCUT2D eigenvalue weighted by Gasteiger charge is 2.22. The number of β-amino-alcohol motifs (C(OH)–C–C–N with tert-alkyl or cyclic N) is 1. The largest absolute Gasteiger partial charge is 0.497 e. The molecule has 19 heavy (non-hydrogen) atoms. The summed E-state index contributed by atoms with van der Waals surface area (Å²) in [6.45, 7) is 6.00. The van der Waals surface area contributed by atoms with E-state index in [0.29, 0.717) is 12.6 Å². The molecule has 0 saturated carbocycles. The number of methoxy groups -OCH3 is 1. The molecule has 1 aromatic rings. The number of hydrogen-bond donors (Lipinski definition) is 1. The van der Waals surface area contributed by atoms with Crippen LogP contribution in [0.1, 0.15) is 18.6 Å². The molecule has 1 aliphatic rings. The third kappa shape index (κ3) is 3.69. The highest BCUT2D eigenvalue weighted by Crippen LogP contribution is 2.20. The van der Waals surface area contributed by atoms with Crippen LogP contribution in [0.3, 0.4) is 0 Å². The molecule has 1 N–H and O–H groups in total. The first kappa shape index (κ1) is 14.3. The molecule has 0 bridgehead atoms. The van der Waals surface area contributed by atoms with E-state index < -0.39 is 6.10 Å². The van der Waals surface area contributed by atoms with E-state index in [-0.39, 0.29) is 0 Å². The number of rotatable bonds is 4. The maximum Gasteiger partial charge on any atom is 0.119 e. The fourth-order valence-electron chi connectivity index (χ4n) is 2.49. The number of piperazine rings is 1. The molecule has 2 rings (SSSR count). The number of aliphatic hydroxyl groups is 1. The van der Waals surface area contributed by atoms with Gasteiger partial charge < -0.3 is 14.7 Å². The maximum atomic E-state index is 10.3. The second kappa shape index (κ2) is 6.37. The number of hydrogen-bond acceptors (Lipinski definition) is 4. The molecule has 0 spiro atoms. The molecule has 4 nitrogen and oxygen atoms in total. The molecule has 0 radical (unpaired) electrons. The van der Waals surface area contributed by atoms with E-state index in [4.69, 9.17) is 4.74 Å². The van der Waals surface area contributed by atoms with Crippen molar-refractivity contribution < 1.29 is 9.84 Å². The van der Waals surface area contributed by atoms with Crippen molar-refractivity contribution >= 4 is 0 Å². The van der Waals surface area contributed by atoms with Gasteiger partial charge >= 0.3 is 0 Å². The third-order valence-corrected chi connectivity index (χ3v) is 3.95. The van der Waals surface area contributed by atoms with Gasteiger partial charge in [-0.3, -0.25) is 4.90 Å². The quantitative estimate of drug-likeness (QED) is 0.891. The summed E-state index contributed by atoms with van der Waals surface area (Å²) in [6, 6.07) is 8.22. The summed E-state index contributed by atoms with van der Waals surface area (Å²) in [7, 11) is 3.80. The van der Waals surface area contributed by atoms with Crippen LogP contribution in [0.4, 0.5) is 0 Å². The first-order valence-electron chi connectivity index (χ1n) is 6.84. The summed E-state index contributed by atoms with van der Waals surface area (Å²) in [4.78, 5) is 4.68. The minimum Gasteiger partial charge on any atom is -0.497 e. The van der Waals surface area contributed by atoms with Crippen molar-refractivity contribution in [2.45, 2.75) is 19.1 Å². The van der Waals surface area contributed by atoms with Crippen molar-refractivity contribution in [3.05, 3.63) is 29.8 Å². The second-order valence-electron chi connectivity index (χ2n) is 5.38. The zero-order chi connectivity index (χ0) is 13.8. The van der Waals surface area contributed by atoms with Gasteiger partial charge in [0.1, 0.15) is 5.75 Å². The molecular formula is C15H24N2O2. The van der Waals surface area contributed by atoms with E-state index in [1.54, 1.807) is 7.11 Å². The Kier molecular flexibility index (Phi) is 4.80. The van der Waals surface area contributed by atoms with E-state index >= 15 is 0 Å². The van der Waals surface area contributed by atoms with Gasteiger partial charge in [-0.25, -0.2) is 0 Å². The molecule has 0 aromatic heterocycles. The second-order valence-corrected chi connectivity index (χ2v) is 5.38. The Morgan fingerprint density at radius 1 is 1.42 bits per heavy atom. The summed E-state index contributed by atoms with van der Waals surface area (Å²) < 4.78 is 5.19. The highest BCUT2D eigenvalue weighted by molar-refractivity contribution is 5.29. The van der Waals surface area contributed by atoms with E-state index in [0.717, 1.165) is 30.9 Å². The van der Waals surface area contributed by atoms with Crippen molar-refractivity contribution in [3.8, 4) is 5.75 Å². The van der Waals surface area contributed by atoms with Crippen LogP contribution in [0.15, 0.2) is 24.3 Å². The smallest absolute Gasteiger partial charge is 0.119 e. The summed E-state index contributed by atoms with van der Waals surface area (Å²) in [6.07, 6.45) is -0.453. The predicted octanol–water partition coefficient (Wildman–Crippen LogP) is 1.36. The number of likely N-dealkylation sites (N-methyl/N-ethyl adjacent to an activating group) is 1. The molecule has 106 valence electrons. The van der Waals surface area contributed by atoms with Gasteiger partial charge in [0.05, 0.1) is 13.2 Å². The highest BCUT2D eigenvalue weighted by atomic mass is 16.5. The standard InChI is InChI=1S/C15H24N2O2/c1-12-10-17(8-7-16(12)2)11-15(18)13-5-4-6-14(9-13)19-3/h4-6,9,12,15,18H,7-8,10-11H2,1-3H3. The van der Waals surface area contributed by atoms with Gasteiger partial charge in [0.25, 0.3) is 0 Å². The number of benzene rings is 1. The minimum absolute atomic E-state index is 0.453. The fraction of sp³-hybridized carbons (Fsp3) is 0.600. The summed E-state index contributed by atoms with van der Waals surface area (Å²) in [5.41, 5.74) is 0.922. The molecule has 1 fully saturated rings. The zero-order valence-electron chi connectivity index (χ0n) is 12.0. The Balaban J connectivity index is 1.95. The molecule has 1 heterocycles. The minimum atomic E-state index is -0.453. The monoisotopic (exact) mass is 264 g/mol. The average Bonchev–Trinajstić information content (AvgIpc) is 2.43. The van der Waals surface area contributed by atoms with Crippen molar-refractivity contribution in [2.75, 3.05) is 40.3 Å². The van der Waals surface area contributed by atoms with Gasteiger partial charge in [-0.2, -0.15) is 0 Å². The lowest BCUT2D eigenvalue weighted by Crippen LogP contribution is -2.50. The third-order valence-electron chi connectivity index (χ3n) is 3.95. The molecule has 0 aliphatic carbocycles. The van der Waals surface area contributed by atoms with Crippen LogP contribution in [-0.2, 0) is 0 Å². The van der Waals surface area contributed by atoms with Crippen LogP contribution in [-0.4, -0.2) is 61.3 Å². The van der Waals surface area contributed by atoms with E-state index in [9.17, 15) is 5.11 Å². The lowest BCUT2D eigenvalue weighted by atomic mass is 10.1. The Bertz CT molecular complexity index is 411. The Hall–Kier alpha value is -1.10. The van der Waals surface area contributed by atoms with Crippen LogP contribution in [0, 0.1) is 0 Å². The molecular weight excluding hydrogens is 240 g/mol. The van der Waals surface area contributed by atoms with Gasteiger partial charge in [-0.15, -0.1) is 0 Å². The number of aliphatic hydroxyl groups excluding tert-OH is 1. The summed E-state index contributed by atoms with van der Waals surface area (Å²) in [5, 5.41) is 10.3. The van der Waals surface area contributed by atoms with Crippen LogP contribution in [0.2, 0.25) is 0 Å². The number of nitrogens with zero attached hydrogens (tertiary/aromatic N) is 2. The predicted molar refractivity (Wildman–Crippen MR) is 76.5 cm³/mol. The van der Waals surface area contributed by atoms with Crippen LogP contribution in [0.25, 0.3) is 0 Å². The lowest BCUT2D eigenvalue weighted by molar-refractivity contribution is 0.0567. The Morgan fingerprint density at radius 3 is 2.89 bits per heavy atom. The van der Waals surface area contributed by atoms with Gasteiger partial charge in [0, 0.05) is 32.2 Å². The van der Waals surface area contributed by atoms with Crippen molar-refractivity contribution in [3.63, 3.8) is 0 Å². The van der Waals surface area contributed by atoms with E-state index in [1.807, 2.05) is 24.3 Å². The lowest BCUT2D eigenvalue weighted by Gasteiger charge is -2.38. The Morgan fingerprint density at radius 2 is 2.21 bits per heavy atom. The van der Waals surface area contributed by atoms with Crippen molar-refractivity contribution in [1.29, 1.82) is 0 Å². The van der Waals surface area contributed by atoms with Crippen molar-refractivity contribution in [2.24, 2.45) is 0 Å².